The molecule has 86 valence electrons. The fourth-order valence-electron chi connectivity index (χ4n) is 1.95. The third-order valence-electron chi connectivity index (χ3n) is 3.28. The van der Waals surface area contributed by atoms with Gasteiger partial charge in [-0.3, -0.25) is 0 Å². The lowest BCUT2D eigenvalue weighted by molar-refractivity contribution is 0.285. The first-order valence-corrected chi connectivity index (χ1v) is 6.10. The molecule has 0 amide bonds. The fraction of sp³-hybridized carbons (Fsp3) is 0.500. The minimum Gasteiger partial charge on any atom is -0.389 e. The van der Waals surface area contributed by atoms with Gasteiger partial charge in [0.2, 0.25) is 0 Å². The lowest BCUT2D eigenvalue weighted by atomic mass is 9.80. The maximum atomic E-state index is 5.59. The van der Waals surface area contributed by atoms with E-state index in [0.717, 1.165) is 17.3 Å². The van der Waals surface area contributed by atoms with Crippen LogP contribution in [0.2, 0.25) is 0 Å². The number of pyridine rings is 1. The first-order valence-electron chi connectivity index (χ1n) is 5.69. The van der Waals surface area contributed by atoms with Crippen LogP contribution in [-0.2, 0) is 0 Å². The number of nitrogens with zero attached hydrogens (tertiary/aromatic N) is 1. The van der Waals surface area contributed by atoms with Crippen LogP contribution in [0.25, 0.3) is 0 Å². The van der Waals surface area contributed by atoms with Crippen molar-refractivity contribution < 1.29 is 0 Å². The van der Waals surface area contributed by atoms with Crippen molar-refractivity contribution in [2.45, 2.75) is 32.2 Å². The molecule has 16 heavy (non-hydrogen) atoms. The third-order valence-corrected chi connectivity index (χ3v) is 3.51. The molecule has 3 nitrogen and oxygen atoms in total. The minimum absolute atomic E-state index is 0.418. The van der Waals surface area contributed by atoms with Gasteiger partial charge in [0.25, 0.3) is 0 Å². The maximum Gasteiger partial charge on any atom is 0.126 e. The molecule has 4 heteroatoms. The van der Waals surface area contributed by atoms with Gasteiger partial charge in [-0.15, -0.1) is 0 Å². The highest BCUT2D eigenvalue weighted by atomic mass is 32.1. The van der Waals surface area contributed by atoms with Crippen LogP contribution in [0.3, 0.4) is 0 Å². The second-order valence-electron chi connectivity index (χ2n) is 4.42. The van der Waals surface area contributed by atoms with Gasteiger partial charge in [0, 0.05) is 17.8 Å². The zero-order valence-corrected chi connectivity index (χ0v) is 10.3. The average molecular weight is 235 g/mol. The highest BCUT2D eigenvalue weighted by molar-refractivity contribution is 7.80. The fourth-order valence-corrected chi connectivity index (χ4v) is 2.08. The summed E-state index contributed by atoms with van der Waals surface area (Å²) in [4.78, 5) is 4.69. The molecule has 0 spiro atoms. The molecule has 3 N–H and O–H groups in total. The molecule has 1 atom stereocenters. The Hall–Kier alpha value is -1.16. The van der Waals surface area contributed by atoms with Crippen LogP contribution < -0.4 is 11.1 Å². The molecular formula is C12H17N3S. The van der Waals surface area contributed by atoms with Crippen molar-refractivity contribution in [2.75, 3.05) is 5.32 Å². The average Bonchev–Trinajstić information content (AvgIpc) is 2.15. The molecule has 1 saturated carbocycles. The van der Waals surface area contributed by atoms with Gasteiger partial charge in [0.05, 0.1) is 0 Å². The predicted molar refractivity (Wildman–Crippen MR) is 70.6 cm³/mol. The van der Waals surface area contributed by atoms with E-state index in [-0.39, 0.29) is 0 Å². The molecule has 2 rings (SSSR count). The second-order valence-corrected chi connectivity index (χ2v) is 4.86. The predicted octanol–water partition coefficient (Wildman–Crippen LogP) is 2.32. The SMILES string of the molecule is CC(Nc1cc(C(N)=S)ccn1)C1CCC1. The van der Waals surface area contributed by atoms with Crippen molar-refractivity contribution in [3.63, 3.8) is 0 Å². The van der Waals surface area contributed by atoms with Crippen LogP contribution in [-0.4, -0.2) is 16.0 Å². The van der Waals surface area contributed by atoms with Gasteiger partial charge in [0.1, 0.15) is 10.8 Å². The summed E-state index contributed by atoms with van der Waals surface area (Å²) < 4.78 is 0. The number of hydrogen-bond acceptors (Lipinski definition) is 3. The van der Waals surface area contributed by atoms with E-state index in [0.29, 0.717) is 11.0 Å². The zero-order valence-electron chi connectivity index (χ0n) is 9.44. The summed E-state index contributed by atoms with van der Waals surface area (Å²) >= 11 is 4.94. The lowest BCUT2D eigenvalue weighted by Crippen LogP contribution is -2.31. The van der Waals surface area contributed by atoms with E-state index >= 15 is 0 Å². The van der Waals surface area contributed by atoms with Gasteiger partial charge < -0.3 is 11.1 Å². The van der Waals surface area contributed by atoms with Crippen molar-refractivity contribution in [3.05, 3.63) is 23.9 Å². The molecular weight excluding hydrogens is 218 g/mol. The summed E-state index contributed by atoms with van der Waals surface area (Å²) in [6.07, 6.45) is 5.74. The summed E-state index contributed by atoms with van der Waals surface area (Å²) in [5, 5.41) is 3.41. The lowest BCUT2D eigenvalue weighted by Gasteiger charge is -2.32. The Bertz CT molecular complexity index is 388. The second kappa shape index (κ2) is 4.78. The number of nitrogens with one attached hydrogen (secondary N) is 1. The summed E-state index contributed by atoms with van der Waals surface area (Å²) in [7, 11) is 0. The maximum absolute atomic E-state index is 5.59. The van der Waals surface area contributed by atoms with E-state index in [2.05, 4.69) is 17.2 Å². The highest BCUT2D eigenvalue weighted by Gasteiger charge is 2.23. The van der Waals surface area contributed by atoms with Gasteiger partial charge in [-0.25, -0.2) is 4.98 Å². The van der Waals surface area contributed by atoms with Crippen molar-refractivity contribution in [1.82, 2.24) is 4.98 Å². The number of nitrogens with two attached hydrogens (primary N) is 1. The van der Waals surface area contributed by atoms with Crippen LogP contribution in [0, 0.1) is 5.92 Å². The number of hydrogen-bond donors (Lipinski definition) is 2. The summed E-state index contributed by atoms with van der Waals surface area (Å²) in [5.74, 6) is 1.65. The normalized spacial score (nSPS) is 17.6. The van der Waals surface area contributed by atoms with Gasteiger partial charge in [-0.1, -0.05) is 18.6 Å². The van der Waals surface area contributed by atoms with E-state index in [9.17, 15) is 0 Å². The Morgan fingerprint density at radius 1 is 1.62 bits per heavy atom. The minimum atomic E-state index is 0.418. The summed E-state index contributed by atoms with van der Waals surface area (Å²) in [6.45, 7) is 2.21. The van der Waals surface area contributed by atoms with E-state index in [1.54, 1.807) is 6.20 Å². The molecule has 0 aromatic carbocycles. The summed E-state index contributed by atoms with van der Waals surface area (Å²) in [6, 6.07) is 4.22. The molecule has 1 aliphatic rings. The molecule has 1 aromatic rings. The Balaban J connectivity index is 2.02. The van der Waals surface area contributed by atoms with Crippen LogP contribution in [0.4, 0.5) is 5.82 Å². The Morgan fingerprint density at radius 2 is 2.38 bits per heavy atom. The number of thiocarbonyl (C=S) groups is 1. The molecule has 0 saturated heterocycles. The largest absolute Gasteiger partial charge is 0.389 e. The molecule has 1 heterocycles. The van der Waals surface area contributed by atoms with Crippen molar-refractivity contribution >= 4 is 23.0 Å². The molecule has 1 aromatic heterocycles. The summed E-state index contributed by atoms with van der Waals surface area (Å²) in [5.41, 5.74) is 6.46. The van der Waals surface area contributed by atoms with E-state index < -0.39 is 0 Å². The highest BCUT2D eigenvalue weighted by Crippen LogP contribution is 2.30. The monoisotopic (exact) mass is 235 g/mol. The molecule has 0 bridgehead atoms. The molecule has 0 aliphatic heterocycles. The zero-order chi connectivity index (χ0) is 11.5. The van der Waals surface area contributed by atoms with Crippen LogP contribution >= 0.6 is 12.2 Å². The number of rotatable bonds is 4. The quantitative estimate of drug-likeness (QED) is 0.786. The first-order chi connectivity index (χ1) is 7.66. The van der Waals surface area contributed by atoms with E-state index in [1.165, 1.54) is 19.3 Å². The van der Waals surface area contributed by atoms with Crippen molar-refractivity contribution in [2.24, 2.45) is 11.7 Å². The molecule has 1 fully saturated rings. The Kier molecular flexibility index (Phi) is 3.39. The van der Waals surface area contributed by atoms with Crippen LogP contribution in [0.1, 0.15) is 31.7 Å². The topological polar surface area (TPSA) is 50.9 Å². The molecule has 1 unspecified atom stereocenters. The Labute approximate surface area is 101 Å². The van der Waals surface area contributed by atoms with Gasteiger partial charge in [0.15, 0.2) is 0 Å². The number of aromatic nitrogens is 1. The van der Waals surface area contributed by atoms with E-state index in [1.807, 2.05) is 12.1 Å². The van der Waals surface area contributed by atoms with Crippen molar-refractivity contribution in [3.8, 4) is 0 Å². The molecule has 1 aliphatic carbocycles. The van der Waals surface area contributed by atoms with Crippen molar-refractivity contribution in [1.29, 1.82) is 0 Å². The standard InChI is InChI=1S/C12H17N3S/c1-8(9-3-2-4-9)15-11-7-10(12(13)16)5-6-14-11/h5-9H,2-4H2,1H3,(H2,13,16)(H,14,15). The number of anilines is 1. The van der Waals surface area contributed by atoms with E-state index in [4.69, 9.17) is 18.0 Å². The Morgan fingerprint density at radius 3 is 2.94 bits per heavy atom. The smallest absolute Gasteiger partial charge is 0.126 e. The molecule has 0 radical (unpaired) electrons. The van der Waals surface area contributed by atoms with Gasteiger partial charge >= 0.3 is 0 Å². The third kappa shape index (κ3) is 2.50. The van der Waals surface area contributed by atoms with Gasteiger partial charge in [-0.2, -0.15) is 0 Å². The van der Waals surface area contributed by atoms with Crippen LogP contribution in [0.5, 0.6) is 0 Å². The van der Waals surface area contributed by atoms with Gasteiger partial charge in [-0.05, 0) is 37.8 Å². The van der Waals surface area contributed by atoms with Crippen LogP contribution in [0.15, 0.2) is 18.3 Å². The first kappa shape index (κ1) is 11.3.